The molecule has 184 valence electrons. The number of carbonyl (C=O) groups excluding carboxylic acids is 1. The zero-order chi connectivity index (χ0) is 24.6. The van der Waals surface area contributed by atoms with E-state index in [0.29, 0.717) is 35.6 Å². The van der Waals surface area contributed by atoms with Crippen LogP contribution >= 0.6 is 8.25 Å². The number of para-hydroxylation sites is 1. The third-order valence-corrected chi connectivity index (χ3v) is 6.07. The number of hydrogen-bond acceptors (Lipinski definition) is 8. The molecule has 34 heavy (non-hydrogen) atoms. The van der Waals surface area contributed by atoms with Gasteiger partial charge in [0.1, 0.15) is 29.9 Å². The van der Waals surface area contributed by atoms with Gasteiger partial charge in [-0.05, 0) is 30.7 Å². The third kappa shape index (κ3) is 6.18. The van der Waals surface area contributed by atoms with Crippen LogP contribution in [-0.4, -0.2) is 57.7 Å². The summed E-state index contributed by atoms with van der Waals surface area (Å²) in [6.45, 7) is 0.303. The molecule has 0 spiro atoms. The van der Waals surface area contributed by atoms with Gasteiger partial charge in [-0.1, -0.05) is 25.1 Å². The topological polar surface area (TPSA) is 124 Å². The van der Waals surface area contributed by atoms with Crippen molar-refractivity contribution in [3.63, 3.8) is 0 Å². The van der Waals surface area contributed by atoms with Crippen molar-refractivity contribution in [2.75, 3.05) is 25.7 Å². The first-order valence-electron chi connectivity index (χ1n) is 10.7. The molecule has 0 saturated heterocycles. The van der Waals surface area contributed by atoms with Gasteiger partial charge >= 0.3 is 8.25 Å². The molecule has 0 bridgehead atoms. The van der Waals surface area contributed by atoms with E-state index in [1.807, 2.05) is 6.92 Å². The van der Waals surface area contributed by atoms with Crippen molar-refractivity contribution in [2.24, 2.45) is 0 Å². The third-order valence-electron chi connectivity index (χ3n) is 5.29. The number of methoxy groups -OCH3 is 1. The van der Waals surface area contributed by atoms with Crippen LogP contribution in [0.5, 0.6) is 5.75 Å². The van der Waals surface area contributed by atoms with Gasteiger partial charge < -0.3 is 19.7 Å². The maximum atomic E-state index is 14.1. The second-order valence-electron chi connectivity index (χ2n) is 7.60. The van der Waals surface area contributed by atoms with Gasteiger partial charge in [-0.15, -0.1) is 0 Å². The van der Waals surface area contributed by atoms with E-state index >= 15 is 0 Å². The molecule has 10 nitrogen and oxygen atoms in total. The number of nitrogens with one attached hydrogen (secondary N) is 1. The van der Waals surface area contributed by atoms with Crippen LogP contribution in [0, 0.1) is 0 Å². The Hall–Kier alpha value is -2.85. The molecule has 2 aromatic heterocycles. The highest BCUT2D eigenvalue weighted by atomic mass is 31.1. The minimum absolute atomic E-state index is 0.0604. The Morgan fingerprint density at radius 2 is 2.06 bits per heavy atom. The molecule has 0 radical (unpaired) electrons. The van der Waals surface area contributed by atoms with Crippen molar-refractivity contribution in [3.8, 4) is 5.75 Å². The number of ether oxygens (including phenoxy) is 1. The molecule has 3 atom stereocenters. The number of rotatable bonds is 13. The van der Waals surface area contributed by atoms with E-state index in [2.05, 4.69) is 15.4 Å². The molecule has 3 aromatic rings. The van der Waals surface area contributed by atoms with Gasteiger partial charge in [0.05, 0.1) is 12.7 Å². The minimum Gasteiger partial charge on any atom is -0.426 e. The van der Waals surface area contributed by atoms with Crippen molar-refractivity contribution in [3.05, 3.63) is 54.5 Å². The van der Waals surface area contributed by atoms with Gasteiger partial charge in [-0.2, -0.15) is 5.10 Å². The molecular weight excluding hydrogens is 466 g/mol. The van der Waals surface area contributed by atoms with E-state index in [4.69, 9.17) is 13.8 Å². The van der Waals surface area contributed by atoms with Crippen LogP contribution in [0.15, 0.2) is 48.8 Å². The second-order valence-corrected chi connectivity index (χ2v) is 8.60. The van der Waals surface area contributed by atoms with Crippen molar-refractivity contribution >= 4 is 25.5 Å². The van der Waals surface area contributed by atoms with Gasteiger partial charge in [-0.3, -0.25) is 9.32 Å². The number of anilines is 1. The molecule has 0 aliphatic heterocycles. The highest BCUT2D eigenvalue weighted by Crippen LogP contribution is 2.31. The van der Waals surface area contributed by atoms with Crippen LogP contribution in [0.1, 0.15) is 25.5 Å². The molecule has 0 saturated carbocycles. The molecular formula is C22H28FN4O6P. The van der Waals surface area contributed by atoms with Gasteiger partial charge in [0, 0.05) is 25.6 Å². The van der Waals surface area contributed by atoms with Gasteiger partial charge in [0.15, 0.2) is 5.82 Å². The summed E-state index contributed by atoms with van der Waals surface area (Å²) >= 11 is 0. The number of halogens is 1. The molecule has 3 rings (SSSR count). The van der Waals surface area contributed by atoms with Crippen molar-refractivity contribution in [1.29, 1.82) is 0 Å². The van der Waals surface area contributed by atoms with Crippen LogP contribution in [0.4, 0.5) is 10.2 Å². The number of carbonyl (C=O) groups is 1. The van der Waals surface area contributed by atoms with Crippen LogP contribution in [0.2, 0.25) is 0 Å². The highest BCUT2D eigenvalue weighted by Gasteiger charge is 2.40. The van der Waals surface area contributed by atoms with Crippen molar-refractivity contribution < 1.29 is 32.6 Å². The summed E-state index contributed by atoms with van der Waals surface area (Å²) in [6, 6.07) is 11.8. The molecule has 0 aliphatic rings. The molecule has 1 amide bonds. The Morgan fingerprint density at radius 3 is 2.74 bits per heavy atom. The summed E-state index contributed by atoms with van der Waals surface area (Å²) in [4.78, 5) is 16.1. The zero-order valence-corrected chi connectivity index (χ0v) is 19.9. The first kappa shape index (κ1) is 25.8. The SMILES string of the molecule is CCCC(=O)Nc1ncnn2c(C[C@H](O)[C@@](CF)(CO[PH](=O)Oc3ccccc3)OC)ccc12. The maximum Gasteiger partial charge on any atom is 0.367 e. The molecule has 0 aliphatic carbocycles. The molecule has 2 heterocycles. The zero-order valence-electron chi connectivity index (χ0n) is 18.9. The van der Waals surface area contributed by atoms with Crippen LogP contribution in [0.25, 0.3) is 5.52 Å². The van der Waals surface area contributed by atoms with Gasteiger partial charge in [0.25, 0.3) is 0 Å². The summed E-state index contributed by atoms with van der Waals surface area (Å²) in [5.74, 6) is 0.501. The average molecular weight is 494 g/mol. The fraction of sp³-hybridized carbons (Fsp3) is 0.409. The first-order valence-corrected chi connectivity index (χ1v) is 11.9. The minimum atomic E-state index is -3.02. The summed E-state index contributed by atoms with van der Waals surface area (Å²) in [5, 5.41) is 17.8. The number of benzene rings is 1. The monoisotopic (exact) mass is 494 g/mol. The number of amides is 1. The average Bonchev–Trinajstić information content (AvgIpc) is 3.24. The number of aliphatic hydroxyl groups excluding tert-OH is 1. The molecule has 12 heteroatoms. The normalized spacial score (nSPS) is 14.9. The number of aromatic nitrogens is 3. The van der Waals surface area contributed by atoms with Gasteiger partial charge in [-0.25, -0.2) is 18.5 Å². The quantitative estimate of drug-likeness (QED) is 0.347. The van der Waals surface area contributed by atoms with Crippen molar-refractivity contribution in [1.82, 2.24) is 14.6 Å². The predicted molar refractivity (Wildman–Crippen MR) is 124 cm³/mol. The van der Waals surface area contributed by atoms with Crippen LogP contribution in [-0.2, 0) is 25.0 Å². The molecule has 1 unspecified atom stereocenters. The lowest BCUT2D eigenvalue weighted by atomic mass is 9.95. The smallest absolute Gasteiger partial charge is 0.367 e. The van der Waals surface area contributed by atoms with E-state index in [0.717, 1.165) is 0 Å². The van der Waals surface area contributed by atoms with Gasteiger partial charge in [0.2, 0.25) is 5.91 Å². The summed E-state index contributed by atoms with van der Waals surface area (Å²) in [7, 11) is -1.78. The van der Waals surface area contributed by atoms with E-state index in [9.17, 15) is 18.9 Å². The fourth-order valence-corrected chi connectivity index (χ4v) is 4.06. The Morgan fingerprint density at radius 1 is 1.29 bits per heavy atom. The number of hydrogen-bond donors (Lipinski definition) is 2. The molecule has 2 N–H and O–H groups in total. The molecule has 1 aromatic carbocycles. The largest absolute Gasteiger partial charge is 0.426 e. The summed E-state index contributed by atoms with van der Waals surface area (Å²) in [5.41, 5.74) is -0.732. The molecule has 0 fully saturated rings. The lowest BCUT2D eigenvalue weighted by molar-refractivity contribution is -0.134. The Kier molecular flexibility index (Phi) is 9.12. The standard InChI is InChI=1S/C22H28FN4O6P/c1-3-7-20(29)26-21-18-11-10-16(27(18)25-15-24-21)12-19(28)22(13-23,31-2)14-32-34(30)33-17-8-5-4-6-9-17/h4-6,8-11,15,19,28,34H,3,7,12-14H2,1-2H3,(H,24,25,26,29)/t19-,22+/m0/s1. The number of fused-ring (bicyclic) bond motifs is 1. The highest BCUT2D eigenvalue weighted by molar-refractivity contribution is 7.33. The van der Waals surface area contributed by atoms with E-state index in [1.54, 1.807) is 42.5 Å². The van der Waals surface area contributed by atoms with E-state index in [1.165, 1.54) is 18.0 Å². The second kappa shape index (κ2) is 12.0. The first-order chi connectivity index (χ1) is 16.4. The Labute approximate surface area is 197 Å². The number of alkyl halides is 1. The maximum absolute atomic E-state index is 14.1. The summed E-state index contributed by atoms with van der Waals surface area (Å²) < 4.78 is 43.5. The van der Waals surface area contributed by atoms with E-state index in [-0.39, 0.29) is 12.3 Å². The van der Waals surface area contributed by atoms with Crippen LogP contribution < -0.4 is 9.84 Å². The van der Waals surface area contributed by atoms with E-state index < -0.39 is 33.2 Å². The van der Waals surface area contributed by atoms with Crippen LogP contribution in [0.3, 0.4) is 0 Å². The lowest BCUT2D eigenvalue weighted by Crippen LogP contribution is -2.51. The Bertz CT molecular complexity index is 1110. The summed E-state index contributed by atoms with van der Waals surface area (Å²) in [6.07, 6.45) is 0.889. The number of aliphatic hydroxyl groups is 1. The lowest BCUT2D eigenvalue weighted by Gasteiger charge is -2.33. The fourth-order valence-electron chi connectivity index (χ4n) is 3.31. The Balaban J connectivity index is 1.71. The number of nitrogens with zero attached hydrogens (tertiary/aromatic N) is 3. The van der Waals surface area contributed by atoms with Crippen molar-refractivity contribution in [2.45, 2.75) is 37.9 Å². The predicted octanol–water partition coefficient (Wildman–Crippen LogP) is 3.21.